The van der Waals surface area contributed by atoms with E-state index >= 15 is 0 Å². The minimum absolute atomic E-state index is 0.0259. The van der Waals surface area contributed by atoms with Gasteiger partial charge in [-0.15, -0.1) is 0 Å². The SMILES string of the molecule is CC(C)CCC(C)NC(=O)CN(C)CC(C)(C)O. The number of carbonyl (C=O) groups excluding carboxylic acids is 1. The molecule has 4 nitrogen and oxygen atoms in total. The number of rotatable bonds is 8. The predicted molar refractivity (Wildman–Crippen MR) is 75.5 cm³/mol. The average molecular weight is 258 g/mol. The number of nitrogens with zero attached hydrogens (tertiary/aromatic N) is 1. The maximum atomic E-state index is 11.8. The van der Waals surface area contributed by atoms with Crippen molar-refractivity contribution in [2.45, 2.75) is 59.1 Å². The molecular weight excluding hydrogens is 228 g/mol. The van der Waals surface area contributed by atoms with E-state index in [4.69, 9.17) is 0 Å². The third-order valence-electron chi connectivity index (χ3n) is 2.65. The van der Waals surface area contributed by atoms with E-state index in [2.05, 4.69) is 19.2 Å². The van der Waals surface area contributed by atoms with Crippen LogP contribution in [-0.4, -0.2) is 47.7 Å². The number of carbonyl (C=O) groups is 1. The van der Waals surface area contributed by atoms with Crippen LogP contribution in [0.1, 0.15) is 47.5 Å². The number of likely N-dealkylation sites (N-methyl/N-ethyl adjacent to an activating group) is 1. The smallest absolute Gasteiger partial charge is 0.234 e. The Kier molecular flexibility index (Phi) is 7.48. The van der Waals surface area contributed by atoms with E-state index in [1.165, 1.54) is 0 Å². The van der Waals surface area contributed by atoms with Gasteiger partial charge in [0, 0.05) is 12.6 Å². The molecule has 0 rings (SSSR count). The number of amides is 1. The van der Waals surface area contributed by atoms with E-state index in [0.29, 0.717) is 19.0 Å². The minimum atomic E-state index is -0.766. The summed E-state index contributed by atoms with van der Waals surface area (Å²) in [5, 5.41) is 12.6. The molecule has 0 saturated heterocycles. The monoisotopic (exact) mass is 258 g/mol. The van der Waals surface area contributed by atoms with Gasteiger partial charge in [0.25, 0.3) is 0 Å². The molecule has 0 aliphatic rings. The van der Waals surface area contributed by atoms with Gasteiger partial charge in [-0.05, 0) is 46.6 Å². The van der Waals surface area contributed by atoms with Crippen LogP contribution in [0.3, 0.4) is 0 Å². The molecule has 2 N–H and O–H groups in total. The molecule has 0 aliphatic heterocycles. The molecule has 18 heavy (non-hydrogen) atoms. The molecular formula is C14H30N2O2. The summed E-state index contributed by atoms with van der Waals surface area (Å²) >= 11 is 0. The highest BCUT2D eigenvalue weighted by molar-refractivity contribution is 5.78. The van der Waals surface area contributed by atoms with E-state index in [0.717, 1.165) is 12.8 Å². The molecule has 0 fully saturated rings. The summed E-state index contributed by atoms with van der Waals surface area (Å²) < 4.78 is 0. The first-order valence-corrected chi connectivity index (χ1v) is 6.80. The lowest BCUT2D eigenvalue weighted by molar-refractivity contribution is -0.123. The molecule has 0 aromatic carbocycles. The van der Waals surface area contributed by atoms with Crippen LogP contribution in [-0.2, 0) is 4.79 Å². The zero-order chi connectivity index (χ0) is 14.3. The van der Waals surface area contributed by atoms with Gasteiger partial charge in [0.2, 0.25) is 5.91 Å². The highest BCUT2D eigenvalue weighted by Gasteiger charge is 2.17. The highest BCUT2D eigenvalue weighted by Crippen LogP contribution is 2.06. The van der Waals surface area contributed by atoms with Gasteiger partial charge in [-0.2, -0.15) is 0 Å². The topological polar surface area (TPSA) is 52.6 Å². The second-order valence-corrected chi connectivity index (χ2v) is 6.42. The number of aliphatic hydroxyl groups is 1. The summed E-state index contributed by atoms with van der Waals surface area (Å²) in [6.45, 7) is 10.7. The normalized spacial score (nSPS) is 14.1. The molecule has 0 aromatic heterocycles. The van der Waals surface area contributed by atoms with Gasteiger partial charge in [-0.25, -0.2) is 0 Å². The van der Waals surface area contributed by atoms with Crippen molar-refractivity contribution >= 4 is 5.91 Å². The standard InChI is InChI=1S/C14H30N2O2/c1-11(2)7-8-12(3)15-13(17)9-16(6)10-14(4,5)18/h11-12,18H,7-10H2,1-6H3,(H,15,17). The maximum Gasteiger partial charge on any atom is 0.234 e. The highest BCUT2D eigenvalue weighted by atomic mass is 16.3. The minimum Gasteiger partial charge on any atom is -0.389 e. The van der Waals surface area contributed by atoms with Gasteiger partial charge in [-0.1, -0.05) is 13.8 Å². The quantitative estimate of drug-likeness (QED) is 0.696. The molecule has 0 aromatic rings. The Labute approximate surface area is 112 Å². The van der Waals surface area contributed by atoms with Crippen molar-refractivity contribution in [2.75, 3.05) is 20.1 Å². The Morgan fingerprint density at radius 3 is 2.28 bits per heavy atom. The first-order chi connectivity index (χ1) is 8.10. The molecule has 1 atom stereocenters. The van der Waals surface area contributed by atoms with Crippen molar-refractivity contribution in [1.82, 2.24) is 10.2 Å². The van der Waals surface area contributed by atoms with Gasteiger partial charge < -0.3 is 10.4 Å². The van der Waals surface area contributed by atoms with E-state index in [-0.39, 0.29) is 11.9 Å². The Morgan fingerprint density at radius 1 is 1.28 bits per heavy atom. The summed E-state index contributed by atoms with van der Waals surface area (Å²) in [6, 6.07) is 0.218. The first-order valence-electron chi connectivity index (χ1n) is 6.80. The lowest BCUT2D eigenvalue weighted by Gasteiger charge is -2.25. The van der Waals surface area contributed by atoms with Crippen LogP contribution in [0.25, 0.3) is 0 Å². The van der Waals surface area contributed by atoms with Gasteiger partial charge >= 0.3 is 0 Å². The van der Waals surface area contributed by atoms with E-state index < -0.39 is 5.60 Å². The fourth-order valence-corrected chi connectivity index (χ4v) is 1.94. The van der Waals surface area contributed by atoms with Crippen molar-refractivity contribution in [3.05, 3.63) is 0 Å². The number of nitrogens with one attached hydrogen (secondary N) is 1. The summed E-state index contributed by atoms with van der Waals surface area (Å²) in [5.41, 5.74) is -0.766. The van der Waals surface area contributed by atoms with E-state index in [9.17, 15) is 9.90 Å². The van der Waals surface area contributed by atoms with Crippen molar-refractivity contribution in [3.63, 3.8) is 0 Å². The Hall–Kier alpha value is -0.610. The van der Waals surface area contributed by atoms with E-state index in [1.54, 1.807) is 13.8 Å². The molecule has 0 heterocycles. The lowest BCUT2D eigenvalue weighted by atomic mass is 10.0. The van der Waals surface area contributed by atoms with Crippen LogP contribution in [0.2, 0.25) is 0 Å². The van der Waals surface area contributed by atoms with Crippen LogP contribution in [0.5, 0.6) is 0 Å². The molecule has 4 heteroatoms. The van der Waals surface area contributed by atoms with Gasteiger partial charge in [0.1, 0.15) is 0 Å². The molecule has 108 valence electrons. The fourth-order valence-electron chi connectivity index (χ4n) is 1.94. The molecule has 0 bridgehead atoms. The lowest BCUT2D eigenvalue weighted by Crippen LogP contribution is -2.44. The molecule has 1 amide bonds. The zero-order valence-electron chi connectivity index (χ0n) is 12.8. The molecule has 1 unspecified atom stereocenters. The third-order valence-corrected chi connectivity index (χ3v) is 2.65. The van der Waals surface area contributed by atoms with Crippen molar-refractivity contribution in [2.24, 2.45) is 5.92 Å². The molecule has 0 spiro atoms. The Bertz CT molecular complexity index is 247. The van der Waals surface area contributed by atoms with Crippen molar-refractivity contribution in [1.29, 1.82) is 0 Å². The van der Waals surface area contributed by atoms with Crippen LogP contribution in [0.15, 0.2) is 0 Å². The van der Waals surface area contributed by atoms with Crippen LogP contribution in [0, 0.1) is 5.92 Å². The van der Waals surface area contributed by atoms with Gasteiger partial charge in [-0.3, -0.25) is 9.69 Å². The number of hydrogen-bond donors (Lipinski definition) is 2. The first kappa shape index (κ1) is 17.4. The third kappa shape index (κ3) is 10.5. The second kappa shape index (κ2) is 7.74. The van der Waals surface area contributed by atoms with Crippen molar-refractivity contribution in [3.8, 4) is 0 Å². The molecule has 0 saturated carbocycles. The molecule has 0 aliphatic carbocycles. The van der Waals surface area contributed by atoms with E-state index in [1.807, 2.05) is 18.9 Å². The summed E-state index contributed by atoms with van der Waals surface area (Å²) in [7, 11) is 1.84. The fraction of sp³-hybridized carbons (Fsp3) is 0.929. The van der Waals surface area contributed by atoms with Gasteiger partial charge in [0.15, 0.2) is 0 Å². The Morgan fingerprint density at radius 2 is 1.83 bits per heavy atom. The predicted octanol–water partition coefficient (Wildman–Crippen LogP) is 1.63. The number of hydrogen-bond acceptors (Lipinski definition) is 3. The Balaban J connectivity index is 3.89. The van der Waals surface area contributed by atoms with Gasteiger partial charge in [0.05, 0.1) is 12.1 Å². The van der Waals surface area contributed by atoms with Crippen molar-refractivity contribution < 1.29 is 9.90 Å². The zero-order valence-corrected chi connectivity index (χ0v) is 12.8. The van der Waals surface area contributed by atoms with Crippen LogP contribution < -0.4 is 5.32 Å². The second-order valence-electron chi connectivity index (χ2n) is 6.42. The maximum absolute atomic E-state index is 11.8. The average Bonchev–Trinajstić information content (AvgIpc) is 2.10. The summed E-state index contributed by atoms with van der Waals surface area (Å²) in [4.78, 5) is 13.6. The summed E-state index contributed by atoms with van der Waals surface area (Å²) in [6.07, 6.45) is 2.14. The summed E-state index contributed by atoms with van der Waals surface area (Å²) in [5.74, 6) is 0.695. The largest absolute Gasteiger partial charge is 0.389 e. The van der Waals surface area contributed by atoms with Crippen LogP contribution >= 0.6 is 0 Å². The van der Waals surface area contributed by atoms with Crippen LogP contribution in [0.4, 0.5) is 0 Å². The molecule has 0 radical (unpaired) electrons.